The Bertz CT molecular complexity index is 643. The number of amidine groups is 1. The van der Waals surface area contributed by atoms with Crippen molar-refractivity contribution in [3.63, 3.8) is 0 Å². The lowest BCUT2D eigenvalue weighted by Crippen LogP contribution is -2.47. The summed E-state index contributed by atoms with van der Waals surface area (Å²) in [4.78, 5) is 17.2. The SMILES string of the molecule is CC(C)[C@H]1SC(=NC23CCC(c4ccccc4)(CC2)CC3)NC1=O. The summed E-state index contributed by atoms with van der Waals surface area (Å²) >= 11 is 1.64. The molecule has 1 aromatic carbocycles. The summed E-state index contributed by atoms with van der Waals surface area (Å²) in [5, 5.41) is 3.92. The van der Waals surface area contributed by atoms with Crippen LogP contribution in [0.5, 0.6) is 0 Å². The Kier molecular flexibility index (Phi) is 3.98. The van der Waals surface area contributed by atoms with E-state index in [2.05, 4.69) is 49.5 Å². The van der Waals surface area contributed by atoms with Crippen molar-refractivity contribution in [1.29, 1.82) is 0 Å². The van der Waals surface area contributed by atoms with Crippen LogP contribution in [0.25, 0.3) is 0 Å². The van der Waals surface area contributed by atoms with Crippen molar-refractivity contribution in [2.24, 2.45) is 10.9 Å². The van der Waals surface area contributed by atoms with Crippen LogP contribution in [0.15, 0.2) is 35.3 Å². The van der Waals surface area contributed by atoms with Crippen molar-refractivity contribution in [2.75, 3.05) is 0 Å². The molecule has 1 atom stereocenters. The smallest absolute Gasteiger partial charge is 0.239 e. The maximum absolute atomic E-state index is 12.1. The van der Waals surface area contributed by atoms with Gasteiger partial charge in [0, 0.05) is 0 Å². The molecule has 0 unspecified atom stereocenters. The fraction of sp³-hybridized carbons (Fsp3) is 0.600. The van der Waals surface area contributed by atoms with E-state index in [0.717, 1.165) is 24.4 Å². The Morgan fingerprint density at radius 3 is 2.25 bits per heavy atom. The Hall–Kier alpha value is -1.29. The third-order valence-electron chi connectivity index (χ3n) is 6.26. The zero-order chi connectivity index (χ0) is 16.8. The van der Waals surface area contributed by atoms with E-state index in [4.69, 9.17) is 4.99 Å². The molecule has 1 amide bonds. The molecule has 5 rings (SSSR count). The summed E-state index contributed by atoms with van der Waals surface area (Å²) in [7, 11) is 0. The quantitative estimate of drug-likeness (QED) is 0.891. The third kappa shape index (κ3) is 2.69. The number of hydrogen-bond acceptors (Lipinski definition) is 3. The van der Waals surface area contributed by atoms with E-state index >= 15 is 0 Å². The van der Waals surface area contributed by atoms with Crippen LogP contribution in [0.4, 0.5) is 0 Å². The monoisotopic (exact) mass is 342 g/mol. The van der Waals surface area contributed by atoms with E-state index in [9.17, 15) is 4.79 Å². The summed E-state index contributed by atoms with van der Waals surface area (Å²) in [5.41, 5.74) is 1.95. The zero-order valence-electron chi connectivity index (χ0n) is 14.5. The van der Waals surface area contributed by atoms with Crippen LogP contribution in [0.2, 0.25) is 0 Å². The first-order valence-corrected chi connectivity index (χ1v) is 10.0. The van der Waals surface area contributed by atoms with Gasteiger partial charge in [-0.15, -0.1) is 0 Å². The Morgan fingerprint density at radius 2 is 1.71 bits per heavy atom. The van der Waals surface area contributed by atoms with Crippen LogP contribution in [-0.2, 0) is 10.2 Å². The highest BCUT2D eigenvalue weighted by Crippen LogP contribution is 2.55. The van der Waals surface area contributed by atoms with Crippen LogP contribution in [-0.4, -0.2) is 21.9 Å². The molecule has 128 valence electrons. The first-order chi connectivity index (χ1) is 11.5. The average molecular weight is 343 g/mol. The highest BCUT2D eigenvalue weighted by atomic mass is 32.2. The molecule has 3 saturated carbocycles. The normalized spacial score (nSPS) is 37.2. The molecule has 0 radical (unpaired) electrons. The van der Waals surface area contributed by atoms with Crippen molar-refractivity contribution in [3.05, 3.63) is 35.9 Å². The van der Waals surface area contributed by atoms with E-state index in [1.165, 1.54) is 24.8 Å². The number of nitrogens with zero attached hydrogens (tertiary/aromatic N) is 1. The number of rotatable bonds is 3. The summed E-state index contributed by atoms with van der Waals surface area (Å²) in [6.07, 6.45) is 7.11. The first kappa shape index (κ1) is 16.2. The number of amides is 1. The fourth-order valence-electron chi connectivity index (χ4n) is 4.65. The van der Waals surface area contributed by atoms with Gasteiger partial charge in [-0.1, -0.05) is 55.9 Å². The lowest BCUT2D eigenvalue weighted by atomic mass is 9.55. The molecule has 0 spiro atoms. The number of aliphatic imine (C=N–C) groups is 1. The second-order valence-electron chi connectivity index (χ2n) is 8.06. The van der Waals surface area contributed by atoms with Crippen LogP contribution in [0, 0.1) is 5.92 Å². The first-order valence-electron chi connectivity index (χ1n) is 9.15. The molecule has 1 heterocycles. The molecular formula is C20H26N2OS. The second-order valence-corrected chi connectivity index (χ2v) is 9.19. The predicted molar refractivity (Wildman–Crippen MR) is 100 cm³/mol. The minimum absolute atomic E-state index is 0.0238. The topological polar surface area (TPSA) is 41.5 Å². The number of nitrogens with one attached hydrogen (secondary N) is 1. The van der Waals surface area contributed by atoms with Crippen molar-refractivity contribution >= 4 is 22.8 Å². The number of carbonyl (C=O) groups excluding carboxylic acids is 1. The highest BCUT2D eigenvalue weighted by Gasteiger charge is 2.50. The fourth-order valence-corrected chi connectivity index (χ4v) is 5.73. The molecule has 2 bridgehead atoms. The predicted octanol–water partition coefficient (Wildman–Crippen LogP) is 4.27. The standard InChI is InChI=1S/C20H26N2OS/c1-14(2)16-17(23)21-18(24-16)22-20-11-8-19(9-12-20,10-13-20)15-6-4-3-5-7-15/h3-7,14,16H,8-13H2,1-2H3,(H,21,22,23)/t16-,19?,20?/m1/s1. The Balaban J connectivity index is 1.51. The minimum Gasteiger partial charge on any atom is -0.304 e. The van der Waals surface area contributed by atoms with Gasteiger partial charge in [0.05, 0.1) is 10.8 Å². The van der Waals surface area contributed by atoms with Gasteiger partial charge in [-0.25, -0.2) is 0 Å². The third-order valence-corrected chi connectivity index (χ3v) is 7.69. The van der Waals surface area contributed by atoms with Gasteiger partial charge in [-0.05, 0) is 55.4 Å². The van der Waals surface area contributed by atoms with Gasteiger partial charge in [0.25, 0.3) is 0 Å². The molecule has 1 N–H and O–H groups in total. The zero-order valence-corrected chi connectivity index (χ0v) is 15.4. The van der Waals surface area contributed by atoms with Crippen molar-refractivity contribution < 1.29 is 4.79 Å². The lowest BCUT2D eigenvalue weighted by Gasteiger charge is -2.52. The molecule has 1 aromatic rings. The maximum Gasteiger partial charge on any atom is 0.239 e. The van der Waals surface area contributed by atoms with Gasteiger partial charge >= 0.3 is 0 Å². The van der Waals surface area contributed by atoms with E-state index < -0.39 is 0 Å². The van der Waals surface area contributed by atoms with Gasteiger partial charge in [-0.2, -0.15) is 0 Å². The number of hydrogen-bond donors (Lipinski definition) is 1. The van der Waals surface area contributed by atoms with E-state index in [1.807, 2.05) is 0 Å². The van der Waals surface area contributed by atoms with Gasteiger partial charge in [-0.3, -0.25) is 9.79 Å². The van der Waals surface area contributed by atoms with E-state index in [1.54, 1.807) is 11.8 Å². The van der Waals surface area contributed by atoms with Crippen LogP contribution in [0.3, 0.4) is 0 Å². The molecule has 1 saturated heterocycles. The summed E-state index contributed by atoms with van der Waals surface area (Å²) < 4.78 is 0. The van der Waals surface area contributed by atoms with Gasteiger partial charge in [0.1, 0.15) is 0 Å². The minimum atomic E-state index is 0.0238. The van der Waals surface area contributed by atoms with Crippen molar-refractivity contribution in [3.8, 4) is 0 Å². The van der Waals surface area contributed by atoms with Crippen LogP contribution in [0.1, 0.15) is 57.9 Å². The molecule has 4 aliphatic rings. The number of fused-ring (bicyclic) bond motifs is 3. The average Bonchev–Trinajstić information content (AvgIpc) is 2.97. The number of thioether (sulfide) groups is 1. The molecule has 4 heteroatoms. The molecule has 24 heavy (non-hydrogen) atoms. The number of carbonyl (C=O) groups is 1. The molecular weight excluding hydrogens is 316 g/mol. The number of benzene rings is 1. The maximum atomic E-state index is 12.1. The molecule has 1 aliphatic heterocycles. The summed E-state index contributed by atoms with van der Waals surface area (Å²) in [6, 6.07) is 11.0. The van der Waals surface area contributed by atoms with E-state index in [0.29, 0.717) is 11.3 Å². The second kappa shape index (κ2) is 5.91. The Morgan fingerprint density at radius 1 is 1.08 bits per heavy atom. The molecule has 3 aliphatic carbocycles. The van der Waals surface area contributed by atoms with Crippen LogP contribution < -0.4 is 5.32 Å². The Labute approximate surface area is 148 Å². The van der Waals surface area contributed by atoms with Gasteiger partial charge in [0.2, 0.25) is 5.91 Å². The van der Waals surface area contributed by atoms with Crippen LogP contribution >= 0.6 is 11.8 Å². The summed E-state index contributed by atoms with van der Waals surface area (Å²) in [5.74, 6) is 0.485. The van der Waals surface area contributed by atoms with E-state index in [-0.39, 0.29) is 16.7 Å². The lowest BCUT2D eigenvalue weighted by molar-refractivity contribution is -0.119. The summed E-state index contributed by atoms with van der Waals surface area (Å²) in [6.45, 7) is 4.21. The van der Waals surface area contributed by atoms with Crippen molar-refractivity contribution in [1.82, 2.24) is 5.32 Å². The molecule has 4 fully saturated rings. The van der Waals surface area contributed by atoms with Crippen molar-refractivity contribution in [2.45, 2.75) is 68.6 Å². The van der Waals surface area contributed by atoms with Gasteiger partial charge in [0.15, 0.2) is 5.17 Å². The highest BCUT2D eigenvalue weighted by molar-refractivity contribution is 8.15. The molecule has 0 aromatic heterocycles. The molecule has 3 nitrogen and oxygen atoms in total. The largest absolute Gasteiger partial charge is 0.304 e. The van der Waals surface area contributed by atoms with Gasteiger partial charge < -0.3 is 5.32 Å².